The summed E-state index contributed by atoms with van der Waals surface area (Å²) in [5.74, 6) is -2.58. The molecule has 4 aromatic rings. The molecule has 2 heterocycles. The molecule has 1 aliphatic rings. The van der Waals surface area contributed by atoms with E-state index in [4.69, 9.17) is 9.15 Å². The third kappa shape index (κ3) is 5.25. The third-order valence-electron chi connectivity index (χ3n) is 7.13. The Hall–Kier alpha value is -3.82. The zero-order valence-electron chi connectivity index (χ0n) is 20.9. The number of rotatable bonds is 6. The predicted octanol–water partition coefficient (Wildman–Crippen LogP) is 3.28. The Labute approximate surface area is 217 Å². The lowest BCUT2D eigenvalue weighted by atomic mass is 10.1. The second kappa shape index (κ2) is 10.5. The summed E-state index contributed by atoms with van der Waals surface area (Å²) >= 11 is 0. The second-order valence-corrected chi connectivity index (χ2v) is 9.55. The van der Waals surface area contributed by atoms with Crippen LogP contribution in [-0.2, 0) is 12.7 Å². The lowest BCUT2D eigenvalue weighted by molar-refractivity contribution is -1.02. The number of benzene rings is 3. The van der Waals surface area contributed by atoms with Gasteiger partial charge in [-0.25, -0.2) is 0 Å². The molecule has 1 aromatic heterocycles. The fraction of sp³-hybridized carbons (Fsp3) is 0.276. The molecule has 1 saturated heterocycles. The van der Waals surface area contributed by atoms with Crippen LogP contribution in [-0.4, -0.2) is 37.8 Å². The summed E-state index contributed by atoms with van der Waals surface area (Å²) in [5.41, 5.74) is 0.781. The van der Waals surface area contributed by atoms with Crippen LogP contribution in [0, 0.1) is 0 Å². The summed E-state index contributed by atoms with van der Waals surface area (Å²) in [6.07, 6.45) is -4.99. The van der Waals surface area contributed by atoms with Crippen LogP contribution in [0.15, 0.2) is 75.9 Å². The molecular formula is C29H29F3N2O4+2. The van der Waals surface area contributed by atoms with E-state index in [9.17, 15) is 23.1 Å². The maximum atomic E-state index is 14.1. The number of fused-ring (bicyclic) bond motifs is 1. The van der Waals surface area contributed by atoms with Gasteiger partial charge in [-0.3, -0.25) is 4.79 Å². The van der Waals surface area contributed by atoms with Crippen LogP contribution in [0.1, 0.15) is 18.2 Å². The monoisotopic (exact) mass is 526 g/mol. The van der Waals surface area contributed by atoms with Crippen LogP contribution in [0.5, 0.6) is 17.2 Å². The Morgan fingerprint density at radius 2 is 1.53 bits per heavy atom. The Balaban J connectivity index is 1.52. The van der Waals surface area contributed by atoms with Crippen molar-refractivity contribution in [3.8, 4) is 28.4 Å². The molecule has 0 spiro atoms. The predicted molar refractivity (Wildman–Crippen MR) is 137 cm³/mol. The van der Waals surface area contributed by atoms with Crippen LogP contribution in [0.2, 0.25) is 0 Å². The van der Waals surface area contributed by atoms with E-state index in [1.54, 1.807) is 12.1 Å². The molecule has 3 aromatic carbocycles. The number of phenols is 1. The van der Waals surface area contributed by atoms with E-state index in [0.29, 0.717) is 0 Å². The molecular weight excluding hydrogens is 497 g/mol. The molecule has 1 fully saturated rings. The number of alkyl halides is 3. The van der Waals surface area contributed by atoms with Gasteiger partial charge < -0.3 is 24.1 Å². The van der Waals surface area contributed by atoms with E-state index in [1.165, 1.54) is 29.2 Å². The SMILES string of the molecule is CC[NH+]1CC[NH+](Cc2c(O)ccc3c(=O)c(Oc4ccc(-c5ccccc5)cc4)c(C(F)(F)F)oc23)CC1. The molecule has 5 rings (SSSR count). The Kier molecular flexibility index (Phi) is 7.14. The number of aromatic hydroxyl groups is 1. The van der Waals surface area contributed by atoms with Crippen molar-refractivity contribution >= 4 is 11.0 Å². The van der Waals surface area contributed by atoms with Crippen LogP contribution in [0.25, 0.3) is 22.1 Å². The van der Waals surface area contributed by atoms with Gasteiger partial charge in [-0.15, -0.1) is 0 Å². The number of nitrogens with one attached hydrogen (secondary N) is 2. The first-order valence-electron chi connectivity index (χ1n) is 12.6. The quantitative estimate of drug-likeness (QED) is 0.361. The number of likely N-dealkylation sites (N-methyl/N-ethyl adjacent to an activating group) is 1. The summed E-state index contributed by atoms with van der Waals surface area (Å²) < 4.78 is 53.3. The zero-order chi connectivity index (χ0) is 26.9. The Morgan fingerprint density at radius 3 is 2.16 bits per heavy atom. The molecule has 198 valence electrons. The summed E-state index contributed by atoms with van der Waals surface area (Å²) in [4.78, 5) is 15.9. The van der Waals surface area contributed by atoms with Crippen LogP contribution < -0.4 is 20.0 Å². The van der Waals surface area contributed by atoms with Gasteiger partial charge in [0.2, 0.25) is 11.2 Å². The van der Waals surface area contributed by atoms with Gasteiger partial charge in [0.15, 0.2) is 5.58 Å². The van der Waals surface area contributed by atoms with E-state index >= 15 is 0 Å². The molecule has 9 heteroatoms. The molecule has 1 aliphatic heterocycles. The number of ether oxygens (including phenoxy) is 1. The smallest absolute Gasteiger partial charge is 0.453 e. The van der Waals surface area contributed by atoms with Gasteiger partial charge in [-0.2, -0.15) is 13.2 Å². The number of quaternary nitrogens is 2. The third-order valence-corrected chi connectivity index (χ3v) is 7.13. The number of piperazine rings is 1. The van der Waals surface area contributed by atoms with Crippen LogP contribution in [0.4, 0.5) is 13.2 Å². The van der Waals surface area contributed by atoms with Gasteiger partial charge >= 0.3 is 6.18 Å². The molecule has 0 amide bonds. The van der Waals surface area contributed by atoms with Crippen molar-refractivity contribution in [2.75, 3.05) is 32.7 Å². The summed E-state index contributed by atoms with van der Waals surface area (Å²) in [6.45, 7) is 6.83. The highest BCUT2D eigenvalue weighted by Gasteiger charge is 2.41. The molecule has 0 aliphatic carbocycles. The summed E-state index contributed by atoms with van der Waals surface area (Å²) in [6, 6.07) is 18.5. The highest BCUT2D eigenvalue weighted by atomic mass is 19.4. The van der Waals surface area contributed by atoms with Gasteiger partial charge in [0.1, 0.15) is 44.2 Å². The molecule has 0 saturated carbocycles. The minimum atomic E-state index is -4.99. The molecule has 38 heavy (non-hydrogen) atoms. The van der Waals surface area contributed by atoms with Crippen molar-refractivity contribution < 1.29 is 37.2 Å². The van der Waals surface area contributed by atoms with E-state index < -0.39 is 23.1 Å². The highest BCUT2D eigenvalue weighted by molar-refractivity contribution is 5.83. The number of hydrogen-bond donors (Lipinski definition) is 3. The number of halogens is 3. The topological polar surface area (TPSA) is 68.5 Å². The van der Waals surface area contributed by atoms with Crippen molar-refractivity contribution in [2.24, 2.45) is 0 Å². The molecule has 0 bridgehead atoms. The van der Waals surface area contributed by atoms with Gasteiger partial charge in [0.25, 0.3) is 5.76 Å². The maximum absolute atomic E-state index is 14.1. The van der Waals surface area contributed by atoms with Crippen molar-refractivity contribution in [1.29, 1.82) is 0 Å². The number of phenolic OH excluding ortho intramolecular Hbond substituents is 1. The second-order valence-electron chi connectivity index (χ2n) is 9.55. The van der Waals surface area contributed by atoms with Gasteiger partial charge in [0.05, 0.1) is 17.5 Å². The normalized spacial score (nSPS) is 18.0. The standard InChI is InChI=1S/C29H27F3N2O4/c1-2-33-14-16-34(17-15-33)18-23-24(35)13-12-22-25(36)27(28(29(30,31)32)38-26(22)23)37-21-10-8-20(9-11-21)19-6-4-3-5-7-19/h3-13,35H,2,14-18H2,1H3/p+2. The van der Waals surface area contributed by atoms with Crippen molar-refractivity contribution in [3.63, 3.8) is 0 Å². The number of hydrogen-bond acceptors (Lipinski definition) is 4. The molecule has 0 atom stereocenters. The maximum Gasteiger partial charge on any atom is 0.453 e. The lowest BCUT2D eigenvalue weighted by Gasteiger charge is -2.29. The lowest BCUT2D eigenvalue weighted by Crippen LogP contribution is -3.27. The first-order chi connectivity index (χ1) is 18.2. The molecule has 6 nitrogen and oxygen atoms in total. The van der Waals surface area contributed by atoms with E-state index in [0.717, 1.165) is 48.8 Å². The zero-order valence-corrected chi connectivity index (χ0v) is 20.9. The molecule has 0 unspecified atom stereocenters. The first-order valence-corrected chi connectivity index (χ1v) is 12.6. The van der Waals surface area contributed by atoms with E-state index in [2.05, 4.69) is 6.92 Å². The molecule has 3 N–H and O–H groups in total. The van der Waals surface area contributed by atoms with Gasteiger partial charge in [-0.1, -0.05) is 42.5 Å². The van der Waals surface area contributed by atoms with E-state index in [-0.39, 0.29) is 34.6 Å². The Morgan fingerprint density at radius 1 is 0.895 bits per heavy atom. The van der Waals surface area contributed by atoms with E-state index in [1.807, 2.05) is 30.3 Å². The van der Waals surface area contributed by atoms with Crippen LogP contribution in [0.3, 0.4) is 0 Å². The first kappa shape index (κ1) is 25.8. The van der Waals surface area contributed by atoms with Crippen LogP contribution >= 0.6 is 0 Å². The van der Waals surface area contributed by atoms with Gasteiger partial charge in [-0.05, 0) is 42.3 Å². The van der Waals surface area contributed by atoms with Gasteiger partial charge in [0, 0.05) is 0 Å². The minimum absolute atomic E-state index is 0.0704. The molecule has 0 radical (unpaired) electrons. The largest absolute Gasteiger partial charge is 0.507 e. The average molecular weight is 527 g/mol. The summed E-state index contributed by atoms with van der Waals surface area (Å²) in [7, 11) is 0. The Bertz CT molecular complexity index is 1480. The van der Waals surface area contributed by atoms with Crippen molar-refractivity contribution in [3.05, 3.63) is 88.3 Å². The fourth-order valence-electron chi connectivity index (χ4n) is 4.94. The minimum Gasteiger partial charge on any atom is -0.507 e. The van der Waals surface area contributed by atoms with Crippen molar-refractivity contribution in [1.82, 2.24) is 0 Å². The van der Waals surface area contributed by atoms with Crippen molar-refractivity contribution in [2.45, 2.75) is 19.6 Å². The summed E-state index contributed by atoms with van der Waals surface area (Å²) in [5, 5.41) is 10.5. The highest BCUT2D eigenvalue weighted by Crippen LogP contribution is 2.40. The fourth-order valence-corrected chi connectivity index (χ4v) is 4.94. The average Bonchev–Trinajstić information content (AvgIpc) is 2.92.